The summed E-state index contributed by atoms with van der Waals surface area (Å²) in [6.45, 7) is 5.10. The minimum atomic E-state index is -0.0323. The molecule has 2 heterocycles. The standard InChI is InChI=1S/C19H20N2O3/c1-14-4-2-5-15(12-14)24-13-18(22)21-9-8-20-10-11-23-17-7-3-6-16(21)19(17)20/h2-7,12H,8-11,13H2,1H3. The third-order valence-electron chi connectivity index (χ3n) is 4.45. The minimum Gasteiger partial charge on any atom is -0.489 e. The fraction of sp³-hybridized carbons (Fsp3) is 0.316. The lowest BCUT2D eigenvalue weighted by Gasteiger charge is -2.40. The first-order chi connectivity index (χ1) is 11.7. The quantitative estimate of drug-likeness (QED) is 0.870. The van der Waals surface area contributed by atoms with Gasteiger partial charge in [0.15, 0.2) is 6.61 Å². The molecular weight excluding hydrogens is 304 g/mol. The van der Waals surface area contributed by atoms with E-state index in [1.165, 1.54) is 0 Å². The van der Waals surface area contributed by atoms with Gasteiger partial charge in [0.05, 0.1) is 12.2 Å². The molecule has 0 saturated heterocycles. The first-order valence-corrected chi connectivity index (χ1v) is 8.23. The van der Waals surface area contributed by atoms with Crippen molar-refractivity contribution < 1.29 is 14.3 Å². The highest BCUT2D eigenvalue weighted by atomic mass is 16.5. The zero-order chi connectivity index (χ0) is 16.5. The normalized spacial score (nSPS) is 15.5. The van der Waals surface area contributed by atoms with Gasteiger partial charge >= 0.3 is 0 Å². The van der Waals surface area contributed by atoms with Crippen LogP contribution in [-0.4, -0.2) is 38.8 Å². The van der Waals surface area contributed by atoms with E-state index in [9.17, 15) is 4.79 Å². The molecule has 0 saturated carbocycles. The van der Waals surface area contributed by atoms with Gasteiger partial charge in [-0.15, -0.1) is 0 Å². The van der Waals surface area contributed by atoms with Crippen LogP contribution in [0.3, 0.4) is 0 Å². The molecule has 2 aliphatic heterocycles. The highest BCUT2D eigenvalue weighted by Gasteiger charge is 2.31. The van der Waals surface area contributed by atoms with E-state index in [-0.39, 0.29) is 12.5 Å². The number of nitrogens with zero attached hydrogens (tertiary/aromatic N) is 2. The van der Waals surface area contributed by atoms with E-state index in [2.05, 4.69) is 4.90 Å². The number of ether oxygens (including phenoxy) is 2. The summed E-state index contributed by atoms with van der Waals surface area (Å²) < 4.78 is 11.4. The van der Waals surface area contributed by atoms with E-state index in [0.29, 0.717) is 13.2 Å². The molecule has 0 fully saturated rings. The molecule has 0 N–H and O–H groups in total. The summed E-state index contributed by atoms with van der Waals surface area (Å²) in [6.07, 6.45) is 0. The van der Waals surface area contributed by atoms with Crippen LogP contribution in [0.4, 0.5) is 11.4 Å². The second-order valence-corrected chi connectivity index (χ2v) is 6.11. The van der Waals surface area contributed by atoms with Crippen LogP contribution in [0, 0.1) is 6.92 Å². The van der Waals surface area contributed by atoms with Crippen molar-refractivity contribution in [3.8, 4) is 11.5 Å². The fourth-order valence-corrected chi connectivity index (χ4v) is 3.29. The number of hydrogen-bond donors (Lipinski definition) is 0. The van der Waals surface area contributed by atoms with Crippen LogP contribution >= 0.6 is 0 Å². The highest BCUT2D eigenvalue weighted by molar-refractivity contribution is 6.00. The fourth-order valence-electron chi connectivity index (χ4n) is 3.29. The van der Waals surface area contributed by atoms with Crippen LogP contribution in [0.25, 0.3) is 0 Å². The van der Waals surface area contributed by atoms with Gasteiger partial charge in [0.2, 0.25) is 0 Å². The summed E-state index contributed by atoms with van der Waals surface area (Å²) in [5.41, 5.74) is 3.05. The predicted octanol–water partition coefficient (Wildman–Crippen LogP) is 2.62. The first kappa shape index (κ1) is 14.9. The monoisotopic (exact) mass is 324 g/mol. The van der Waals surface area contributed by atoms with E-state index in [1.807, 2.05) is 49.4 Å². The number of carbonyl (C=O) groups is 1. The van der Waals surface area contributed by atoms with Crippen LogP contribution in [0.2, 0.25) is 0 Å². The van der Waals surface area contributed by atoms with Gasteiger partial charge in [0, 0.05) is 13.1 Å². The van der Waals surface area contributed by atoms with Crippen LogP contribution in [0.1, 0.15) is 5.56 Å². The summed E-state index contributed by atoms with van der Waals surface area (Å²) >= 11 is 0. The molecule has 0 aliphatic carbocycles. The maximum Gasteiger partial charge on any atom is 0.265 e. The summed E-state index contributed by atoms with van der Waals surface area (Å²) in [5, 5.41) is 0. The lowest BCUT2D eigenvalue weighted by molar-refractivity contribution is -0.120. The minimum absolute atomic E-state index is 0.0323. The zero-order valence-corrected chi connectivity index (χ0v) is 13.7. The number of aryl methyl sites for hydroxylation is 1. The average Bonchev–Trinajstić information content (AvgIpc) is 2.61. The van der Waals surface area contributed by atoms with Crippen LogP contribution in [0.15, 0.2) is 42.5 Å². The average molecular weight is 324 g/mol. The number of rotatable bonds is 3. The third-order valence-corrected chi connectivity index (χ3v) is 4.45. The van der Waals surface area contributed by atoms with Crippen molar-refractivity contribution in [2.24, 2.45) is 0 Å². The molecule has 0 unspecified atom stereocenters. The smallest absolute Gasteiger partial charge is 0.265 e. The van der Waals surface area contributed by atoms with Gasteiger partial charge < -0.3 is 19.3 Å². The van der Waals surface area contributed by atoms with E-state index in [1.54, 1.807) is 4.90 Å². The van der Waals surface area contributed by atoms with E-state index >= 15 is 0 Å². The SMILES string of the molecule is Cc1cccc(OCC(=O)N2CCN3CCOc4cccc2c43)c1. The van der Waals surface area contributed by atoms with Gasteiger partial charge in [0.25, 0.3) is 5.91 Å². The van der Waals surface area contributed by atoms with E-state index in [4.69, 9.17) is 9.47 Å². The summed E-state index contributed by atoms with van der Waals surface area (Å²) in [6, 6.07) is 13.6. The van der Waals surface area contributed by atoms with Crippen molar-refractivity contribution in [3.05, 3.63) is 48.0 Å². The van der Waals surface area contributed by atoms with Gasteiger partial charge in [-0.3, -0.25) is 4.79 Å². The molecule has 0 bridgehead atoms. The van der Waals surface area contributed by atoms with E-state index in [0.717, 1.165) is 41.5 Å². The Morgan fingerprint density at radius 1 is 1.17 bits per heavy atom. The Morgan fingerprint density at radius 3 is 2.92 bits per heavy atom. The maximum absolute atomic E-state index is 12.7. The molecule has 0 spiro atoms. The number of amides is 1. The Morgan fingerprint density at radius 2 is 2.04 bits per heavy atom. The molecule has 4 rings (SSSR count). The third kappa shape index (κ3) is 2.66. The lowest BCUT2D eigenvalue weighted by Crippen LogP contribution is -2.48. The van der Waals surface area contributed by atoms with E-state index < -0.39 is 0 Å². The second kappa shape index (κ2) is 6.07. The molecule has 0 radical (unpaired) electrons. The highest BCUT2D eigenvalue weighted by Crippen LogP contribution is 2.42. The van der Waals surface area contributed by atoms with Crippen molar-refractivity contribution in [2.45, 2.75) is 6.92 Å². The number of benzene rings is 2. The molecule has 2 aromatic carbocycles. The largest absolute Gasteiger partial charge is 0.489 e. The van der Waals surface area contributed by atoms with Crippen molar-refractivity contribution in [2.75, 3.05) is 42.6 Å². The molecule has 0 atom stereocenters. The molecule has 2 aliphatic rings. The molecule has 1 amide bonds. The van der Waals surface area contributed by atoms with Crippen LogP contribution in [-0.2, 0) is 4.79 Å². The molecule has 124 valence electrons. The van der Waals surface area contributed by atoms with Gasteiger partial charge in [-0.2, -0.15) is 0 Å². The Kier molecular flexibility index (Phi) is 3.76. The topological polar surface area (TPSA) is 42.0 Å². The number of carbonyl (C=O) groups excluding carboxylic acids is 1. The van der Waals surface area contributed by atoms with Gasteiger partial charge in [-0.05, 0) is 36.8 Å². The van der Waals surface area contributed by atoms with Crippen LogP contribution < -0.4 is 19.3 Å². The summed E-state index contributed by atoms with van der Waals surface area (Å²) in [5.74, 6) is 1.55. The Labute approximate surface area is 141 Å². The van der Waals surface area contributed by atoms with Crippen LogP contribution in [0.5, 0.6) is 11.5 Å². The van der Waals surface area contributed by atoms with Crippen molar-refractivity contribution >= 4 is 17.3 Å². The molecule has 24 heavy (non-hydrogen) atoms. The van der Waals surface area contributed by atoms with Gasteiger partial charge in [-0.1, -0.05) is 18.2 Å². The zero-order valence-electron chi connectivity index (χ0n) is 13.7. The maximum atomic E-state index is 12.7. The summed E-state index contributed by atoms with van der Waals surface area (Å²) in [7, 11) is 0. The van der Waals surface area contributed by atoms with Gasteiger partial charge in [-0.25, -0.2) is 0 Å². The molecule has 5 nitrogen and oxygen atoms in total. The number of anilines is 2. The Balaban J connectivity index is 1.53. The Bertz CT molecular complexity index is 775. The molecular formula is C19H20N2O3. The molecule has 5 heteroatoms. The molecule has 2 aromatic rings. The summed E-state index contributed by atoms with van der Waals surface area (Å²) in [4.78, 5) is 16.8. The lowest BCUT2D eigenvalue weighted by atomic mass is 10.1. The first-order valence-electron chi connectivity index (χ1n) is 8.23. The Hall–Kier alpha value is -2.69. The van der Waals surface area contributed by atoms with Crippen molar-refractivity contribution in [1.29, 1.82) is 0 Å². The van der Waals surface area contributed by atoms with Crippen molar-refractivity contribution in [1.82, 2.24) is 0 Å². The second-order valence-electron chi connectivity index (χ2n) is 6.11. The van der Waals surface area contributed by atoms with Crippen molar-refractivity contribution in [3.63, 3.8) is 0 Å². The van der Waals surface area contributed by atoms with Gasteiger partial charge in [0.1, 0.15) is 23.8 Å². The number of para-hydroxylation sites is 1. The predicted molar refractivity (Wildman–Crippen MR) is 93.2 cm³/mol. The number of hydrogen-bond acceptors (Lipinski definition) is 4. The molecule has 0 aromatic heterocycles.